The van der Waals surface area contributed by atoms with Crippen LogP contribution in [0.3, 0.4) is 0 Å². The maximum Gasteiger partial charge on any atom is 0.201 e. The Bertz CT molecular complexity index is 323. The first kappa shape index (κ1) is 7.59. The molecule has 0 aromatic carbocycles. The molecule has 1 aliphatic carbocycles. The lowest BCUT2D eigenvalue weighted by Gasteiger charge is -1.95. The molecule has 0 bridgehead atoms. The summed E-state index contributed by atoms with van der Waals surface area (Å²) in [6.07, 6.45) is 1.73. The fourth-order valence-electron chi connectivity index (χ4n) is 1.67. The molecule has 1 unspecified atom stereocenters. The third-order valence-electron chi connectivity index (χ3n) is 2.41. The summed E-state index contributed by atoms with van der Waals surface area (Å²) in [6.45, 7) is 3.98. The molecule has 0 saturated heterocycles. The number of hydrogen-bond donors (Lipinski definition) is 0. The molecule has 64 valence electrons. The zero-order chi connectivity index (χ0) is 8.72. The average molecular weight is 164 g/mol. The van der Waals surface area contributed by atoms with Crippen LogP contribution in [0, 0.1) is 5.92 Å². The molecule has 0 N–H and O–H groups in total. The van der Waals surface area contributed by atoms with E-state index < -0.39 is 0 Å². The van der Waals surface area contributed by atoms with E-state index in [1.807, 2.05) is 19.9 Å². The smallest absolute Gasteiger partial charge is 0.201 e. The number of rotatable bonds is 1. The van der Waals surface area contributed by atoms with E-state index >= 15 is 0 Å². The lowest BCUT2D eigenvalue weighted by atomic mass is 10.1. The Morgan fingerprint density at radius 1 is 1.67 bits per heavy atom. The summed E-state index contributed by atoms with van der Waals surface area (Å²) in [6, 6.07) is 2.01. The Labute approximate surface area is 71.6 Å². The SMILES string of the molecule is CCc1cc2c(o1)C(=O)C(C)C2. The Hall–Kier alpha value is -1.05. The Balaban J connectivity index is 2.42. The quantitative estimate of drug-likeness (QED) is 0.637. The first-order chi connectivity index (χ1) is 5.72. The number of carbonyl (C=O) groups excluding carboxylic acids is 1. The minimum atomic E-state index is 0.129. The highest BCUT2D eigenvalue weighted by Gasteiger charge is 2.30. The lowest BCUT2D eigenvalue weighted by molar-refractivity contribution is 0.0919. The first-order valence-corrected chi connectivity index (χ1v) is 4.38. The molecule has 0 spiro atoms. The van der Waals surface area contributed by atoms with Crippen molar-refractivity contribution in [2.24, 2.45) is 5.92 Å². The van der Waals surface area contributed by atoms with Crippen molar-refractivity contribution in [2.75, 3.05) is 0 Å². The van der Waals surface area contributed by atoms with Gasteiger partial charge in [0, 0.05) is 17.9 Å². The van der Waals surface area contributed by atoms with Gasteiger partial charge in [0.05, 0.1) is 0 Å². The molecule has 2 heteroatoms. The zero-order valence-corrected chi connectivity index (χ0v) is 7.39. The van der Waals surface area contributed by atoms with Gasteiger partial charge in [-0.1, -0.05) is 13.8 Å². The molecular weight excluding hydrogens is 152 g/mol. The van der Waals surface area contributed by atoms with Crippen LogP contribution in [0.25, 0.3) is 0 Å². The van der Waals surface area contributed by atoms with Gasteiger partial charge in [-0.2, -0.15) is 0 Å². The van der Waals surface area contributed by atoms with E-state index in [9.17, 15) is 4.79 Å². The van der Waals surface area contributed by atoms with Crippen LogP contribution in [0.2, 0.25) is 0 Å². The second kappa shape index (κ2) is 2.47. The molecule has 0 aliphatic heterocycles. The van der Waals surface area contributed by atoms with Gasteiger partial charge in [0.25, 0.3) is 0 Å². The van der Waals surface area contributed by atoms with Gasteiger partial charge >= 0.3 is 0 Å². The van der Waals surface area contributed by atoms with Gasteiger partial charge < -0.3 is 4.42 Å². The Morgan fingerprint density at radius 2 is 2.42 bits per heavy atom. The molecule has 12 heavy (non-hydrogen) atoms. The number of fused-ring (bicyclic) bond motifs is 1. The van der Waals surface area contributed by atoms with Gasteiger partial charge in [0.2, 0.25) is 5.78 Å². The highest BCUT2D eigenvalue weighted by molar-refractivity contribution is 5.99. The summed E-state index contributed by atoms with van der Waals surface area (Å²) in [5, 5.41) is 0. The Kier molecular flexibility index (Phi) is 1.56. The highest BCUT2D eigenvalue weighted by Crippen LogP contribution is 2.29. The zero-order valence-electron chi connectivity index (χ0n) is 7.39. The molecule has 0 saturated carbocycles. The van der Waals surface area contributed by atoms with Crippen molar-refractivity contribution in [3.63, 3.8) is 0 Å². The summed E-state index contributed by atoms with van der Waals surface area (Å²) in [7, 11) is 0. The molecule has 1 aromatic heterocycles. The Morgan fingerprint density at radius 3 is 3.00 bits per heavy atom. The van der Waals surface area contributed by atoms with Crippen LogP contribution < -0.4 is 0 Å². The second-order valence-electron chi connectivity index (χ2n) is 3.39. The molecule has 0 radical (unpaired) electrons. The van der Waals surface area contributed by atoms with Crippen LogP contribution in [0.1, 0.15) is 35.7 Å². The third-order valence-corrected chi connectivity index (χ3v) is 2.41. The number of aryl methyl sites for hydroxylation is 1. The molecule has 2 nitrogen and oxygen atoms in total. The topological polar surface area (TPSA) is 30.2 Å². The molecule has 0 amide bonds. The summed E-state index contributed by atoms with van der Waals surface area (Å²) in [5.74, 6) is 1.84. The monoisotopic (exact) mass is 164 g/mol. The highest BCUT2D eigenvalue weighted by atomic mass is 16.3. The van der Waals surface area contributed by atoms with Crippen molar-refractivity contribution in [2.45, 2.75) is 26.7 Å². The van der Waals surface area contributed by atoms with E-state index in [4.69, 9.17) is 4.42 Å². The summed E-state index contributed by atoms with van der Waals surface area (Å²) < 4.78 is 5.41. The van der Waals surface area contributed by atoms with E-state index in [2.05, 4.69) is 0 Å². The summed E-state index contributed by atoms with van der Waals surface area (Å²) >= 11 is 0. The van der Waals surface area contributed by atoms with Crippen molar-refractivity contribution in [3.05, 3.63) is 23.2 Å². The fourth-order valence-corrected chi connectivity index (χ4v) is 1.67. The van der Waals surface area contributed by atoms with E-state index in [0.717, 1.165) is 24.2 Å². The van der Waals surface area contributed by atoms with E-state index in [-0.39, 0.29) is 11.7 Å². The van der Waals surface area contributed by atoms with E-state index in [1.54, 1.807) is 0 Å². The number of hydrogen-bond acceptors (Lipinski definition) is 2. The first-order valence-electron chi connectivity index (χ1n) is 4.38. The van der Waals surface area contributed by atoms with Crippen LogP contribution in [0.15, 0.2) is 10.5 Å². The standard InChI is InChI=1S/C10H12O2/c1-3-8-5-7-4-6(2)9(11)10(7)12-8/h5-6H,3-4H2,1-2H3. The van der Waals surface area contributed by atoms with Crippen molar-refractivity contribution < 1.29 is 9.21 Å². The third kappa shape index (κ3) is 0.909. The van der Waals surface area contributed by atoms with Crippen LogP contribution >= 0.6 is 0 Å². The van der Waals surface area contributed by atoms with Crippen molar-refractivity contribution in [1.29, 1.82) is 0 Å². The molecule has 1 aromatic rings. The van der Waals surface area contributed by atoms with Crippen LogP contribution in [-0.4, -0.2) is 5.78 Å². The second-order valence-corrected chi connectivity index (χ2v) is 3.39. The maximum absolute atomic E-state index is 11.4. The van der Waals surface area contributed by atoms with Crippen molar-refractivity contribution in [1.82, 2.24) is 0 Å². The predicted octanol–water partition coefficient (Wildman–Crippen LogP) is 2.22. The fraction of sp³-hybridized carbons (Fsp3) is 0.500. The maximum atomic E-state index is 11.4. The number of ketones is 1. The molecule has 1 aliphatic rings. The summed E-state index contributed by atoms with van der Waals surface area (Å²) in [5.41, 5.74) is 1.10. The van der Waals surface area contributed by atoms with Crippen molar-refractivity contribution in [3.8, 4) is 0 Å². The predicted molar refractivity (Wildman–Crippen MR) is 45.3 cm³/mol. The van der Waals surface area contributed by atoms with E-state index in [1.165, 1.54) is 0 Å². The molecule has 0 fully saturated rings. The van der Waals surface area contributed by atoms with Gasteiger partial charge in [0.1, 0.15) is 5.76 Å². The van der Waals surface area contributed by atoms with Crippen LogP contribution in [-0.2, 0) is 12.8 Å². The van der Waals surface area contributed by atoms with Gasteiger partial charge in [-0.15, -0.1) is 0 Å². The molecule has 1 heterocycles. The number of carbonyl (C=O) groups is 1. The number of furan rings is 1. The molecular formula is C10H12O2. The van der Waals surface area contributed by atoms with Crippen LogP contribution in [0.4, 0.5) is 0 Å². The van der Waals surface area contributed by atoms with Crippen molar-refractivity contribution >= 4 is 5.78 Å². The van der Waals surface area contributed by atoms with Gasteiger partial charge in [0.15, 0.2) is 5.76 Å². The van der Waals surface area contributed by atoms with Gasteiger partial charge in [-0.25, -0.2) is 0 Å². The van der Waals surface area contributed by atoms with Gasteiger partial charge in [-0.05, 0) is 12.5 Å². The average Bonchev–Trinajstić information content (AvgIpc) is 2.55. The summed E-state index contributed by atoms with van der Waals surface area (Å²) in [4.78, 5) is 11.4. The minimum absolute atomic E-state index is 0.129. The largest absolute Gasteiger partial charge is 0.458 e. The van der Waals surface area contributed by atoms with Gasteiger partial charge in [-0.3, -0.25) is 4.79 Å². The molecule has 2 rings (SSSR count). The van der Waals surface area contributed by atoms with Crippen LogP contribution in [0.5, 0.6) is 0 Å². The normalized spacial score (nSPS) is 21.5. The minimum Gasteiger partial charge on any atom is -0.458 e. The lowest BCUT2D eigenvalue weighted by Crippen LogP contribution is -2.03. The molecule has 1 atom stereocenters. The number of Topliss-reactive ketones (excluding diaryl/α,β-unsaturated/α-hetero) is 1. The van der Waals surface area contributed by atoms with E-state index in [0.29, 0.717) is 5.76 Å².